The lowest BCUT2D eigenvalue weighted by Gasteiger charge is -2.15. The monoisotopic (exact) mass is 178 g/mol. The summed E-state index contributed by atoms with van der Waals surface area (Å²) >= 11 is 0. The molecule has 0 bridgehead atoms. The van der Waals surface area contributed by atoms with Gasteiger partial charge in [-0.25, -0.2) is 0 Å². The predicted molar refractivity (Wildman–Crippen MR) is 55.2 cm³/mol. The summed E-state index contributed by atoms with van der Waals surface area (Å²) in [6.07, 6.45) is 8.18. The Kier molecular flexibility index (Phi) is 4.64. The fourth-order valence-electron chi connectivity index (χ4n) is 1.68. The van der Waals surface area contributed by atoms with E-state index >= 15 is 0 Å². The number of hydrogen-bond acceptors (Lipinski definition) is 1. The summed E-state index contributed by atoms with van der Waals surface area (Å²) in [6.45, 7) is 3.57. The molecule has 72 valence electrons. The quantitative estimate of drug-likeness (QED) is 0.509. The molecule has 1 heteroatoms. The van der Waals surface area contributed by atoms with Crippen LogP contribution in [-0.4, -0.2) is 11.2 Å². The highest BCUT2D eigenvalue weighted by molar-refractivity contribution is 5.09. The molecule has 1 N–H and O–H groups in total. The third-order valence-electron chi connectivity index (χ3n) is 2.45. The Morgan fingerprint density at radius 2 is 2.08 bits per heavy atom. The molecule has 1 saturated carbocycles. The molecule has 0 amide bonds. The minimum atomic E-state index is -0.501. The van der Waals surface area contributed by atoms with E-state index in [1.807, 2.05) is 0 Å². The van der Waals surface area contributed by atoms with Crippen molar-refractivity contribution in [1.82, 2.24) is 0 Å². The maximum absolute atomic E-state index is 9.33. The second-order valence-corrected chi connectivity index (χ2v) is 3.66. The highest BCUT2D eigenvalue weighted by atomic mass is 16.3. The van der Waals surface area contributed by atoms with E-state index in [2.05, 4.69) is 18.4 Å². The van der Waals surface area contributed by atoms with E-state index < -0.39 is 6.10 Å². The first-order valence-corrected chi connectivity index (χ1v) is 5.13. The van der Waals surface area contributed by atoms with E-state index in [0.717, 1.165) is 0 Å². The largest absolute Gasteiger partial charge is 0.380 e. The number of aliphatic hydroxyl groups excluding tert-OH is 1. The van der Waals surface area contributed by atoms with Crippen LogP contribution in [0.3, 0.4) is 0 Å². The van der Waals surface area contributed by atoms with Crippen molar-refractivity contribution in [2.45, 2.75) is 44.6 Å². The number of aliphatic hydroxyl groups is 1. The van der Waals surface area contributed by atoms with Gasteiger partial charge in [0.15, 0.2) is 0 Å². The number of rotatable bonds is 2. The summed E-state index contributed by atoms with van der Waals surface area (Å²) in [6, 6.07) is 0. The van der Waals surface area contributed by atoms with Crippen LogP contribution in [0.2, 0.25) is 0 Å². The molecule has 1 atom stereocenters. The minimum absolute atomic E-state index is 0.501. The second-order valence-electron chi connectivity index (χ2n) is 3.66. The molecule has 0 aliphatic heterocycles. The van der Waals surface area contributed by atoms with Gasteiger partial charge in [0.25, 0.3) is 0 Å². The Balaban J connectivity index is 2.31. The molecule has 1 nitrogen and oxygen atoms in total. The van der Waals surface area contributed by atoms with Crippen LogP contribution >= 0.6 is 0 Å². The Bertz CT molecular complexity index is 203. The Morgan fingerprint density at radius 1 is 1.38 bits per heavy atom. The van der Waals surface area contributed by atoms with Crippen LogP contribution in [0.5, 0.6) is 0 Å². The van der Waals surface area contributed by atoms with E-state index in [-0.39, 0.29) is 0 Å². The zero-order valence-electron chi connectivity index (χ0n) is 8.13. The van der Waals surface area contributed by atoms with Crippen molar-refractivity contribution < 1.29 is 5.11 Å². The van der Waals surface area contributed by atoms with Gasteiger partial charge >= 0.3 is 0 Å². The zero-order chi connectivity index (χ0) is 9.52. The Morgan fingerprint density at radius 3 is 2.69 bits per heavy atom. The molecule has 1 aliphatic carbocycles. The standard InChI is InChI=1S/C12H18O/c1-2-6-12(13)10-9-11-7-4-3-5-8-11/h2,11-13H,1,3-8H2/t12-/m1/s1. The molecule has 0 aromatic carbocycles. The fraction of sp³-hybridized carbons (Fsp3) is 0.667. The summed E-state index contributed by atoms with van der Waals surface area (Å²) < 4.78 is 0. The van der Waals surface area contributed by atoms with Gasteiger partial charge in [-0.15, -0.1) is 6.58 Å². The fourth-order valence-corrected chi connectivity index (χ4v) is 1.68. The highest BCUT2D eigenvalue weighted by Crippen LogP contribution is 2.22. The third-order valence-corrected chi connectivity index (χ3v) is 2.45. The molecule has 0 spiro atoms. The van der Waals surface area contributed by atoms with Crippen LogP contribution in [-0.2, 0) is 0 Å². The lowest BCUT2D eigenvalue weighted by atomic mass is 9.90. The van der Waals surface area contributed by atoms with E-state index in [9.17, 15) is 5.11 Å². The highest BCUT2D eigenvalue weighted by Gasteiger charge is 2.10. The van der Waals surface area contributed by atoms with Gasteiger partial charge in [-0.1, -0.05) is 37.2 Å². The lowest BCUT2D eigenvalue weighted by molar-refractivity contribution is 0.236. The normalized spacial score (nSPS) is 20.1. The zero-order valence-corrected chi connectivity index (χ0v) is 8.13. The summed E-state index contributed by atoms with van der Waals surface area (Å²) in [5, 5.41) is 9.33. The smallest absolute Gasteiger partial charge is 0.118 e. The van der Waals surface area contributed by atoms with Crippen molar-refractivity contribution in [2.75, 3.05) is 0 Å². The molecule has 1 aliphatic rings. The van der Waals surface area contributed by atoms with Crippen molar-refractivity contribution in [3.8, 4) is 11.8 Å². The molecular formula is C12H18O. The molecule has 0 radical (unpaired) electrons. The molecule has 0 heterocycles. The van der Waals surface area contributed by atoms with Gasteiger partial charge in [0.1, 0.15) is 6.10 Å². The Hall–Kier alpha value is -0.740. The van der Waals surface area contributed by atoms with Gasteiger partial charge in [-0.2, -0.15) is 0 Å². The van der Waals surface area contributed by atoms with Gasteiger partial charge in [0, 0.05) is 12.3 Å². The molecule has 0 saturated heterocycles. The third kappa shape index (κ3) is 4.15. The van der Waals surface area contributed by atoms with Crippen molar-refractivity contribution in [2.24, 2.45) is 5.92 Å². The van der Waals surface area contributed by atoms with Crippen molar-refractivity contribution in [1.29, 1.82) is 0 Å². The molecule has 13 heavy (non-hydrogen) atoms. The molecular weight excluding hydrogens is 160 g/mol. The van der Waals surface area contributed by atoms with Crippen molar-refractivity contribution in [3.63, 3.8) is 0 Å². The summed E-state index contributed by atoms with van der Waals surface area (Å²) in [5.41, 5.74) is 0. The van der Waals surface area contributed by atoms with E-state index in [1.165, 1.54) is 32.1 Å². The van der Waals surface area contributed by atoms with Crippen LogP contribution in [0.25, 0.3) is 0 Å². The van der Waals surface area contributed by atoms with Gasteiger partial charge < -0.3 is 5.11 Å². The van der Waals surface area contributed by atoms with E-state index in [1.54, 1.807) is 6.08 Å². The topological polar surface area (TPSA) is 20.2 Å². The van der Waals surface area contributed by atoms with Gasteiger partial charge in [-0.3, -0.25) is 0 Å². The molecule has 0 aromatic rings. The van der Waals surface area contributed by atoms with Gasteiger partial charge in [0.05, 0.1) is 0 Å². The van der Waals surface area contributed by atoms with Crippen LogP contribution in [0, 0.1) is 17.8 Å². The molecule has 0 unspecified atom stereocenters. The second kappa shape index (κ2) is 5.83. The van der Waals surface area contributed by atoms with Crippen LogP contribution in [0.1, 0.15) is 38.5 Å². The van der Waals surface area contributed by atoms with Crippen molar-refractivity contribution >= 4 is 0 Å². The SMILES string of the molecule is C=CC[C@@H](O)C#CC1CCCCC1. The van der Waals surface area contributed by atoms with Gasteiger partial charge in [-0.05, 0) is 12.8 Å². The predicted octanol–water partition coefficient (Wildman–Crippen LogP) is 2.51. The van der Waals surface area contributed by atoms with Crippen LogP contribution in [0.4, 0.5) is 0 Å². The summed E-state index contributed by atoms with van der Waals surface area (Å²) in [4.78, 5) is 0. The van der Waals surface area contributed by atoms with E-state index in [4.69, 9.17) is 0 Å². The molecule has 1 rings (SSSR count). The van der Waals surface area contributed by atoms with Crippen LogP contribution in [0.15, 0.2) is 12.7 Å². The first kappa shape index (κ1) is 10.3. The summed E-state index contributed by atoms with van der Waals surface area (Å²) in [7, 11) is 0. The van der Waals surface area contributed by atoms with E-state index in [0.29, 0.717) is 12.3 Å². The lowest BCUT2D eigenvalue weighted by Crippen LogP contribution is -2.06. The van der Waals surface area contributed by atoms with Crippen molar-refractivity contribution in [3.05, 3.63) is 12.7 Å². The average molecular weight is 178 g/mol. The Labute approximate surface area is 80.9 Å². The molecule has 0 aromatic heterocycles. The maximum Gasteiger partial charge on any atom is 0.118 e. The number of hydrogen-bond donors (Lipinski definition) is 1. The first-order valence-electron chi connectivity index (χ1n) is 5.13. The first-order chi connectivity index (χ1) is 6.33. The van der Waals surface area contributed by atoms with Crippen LogP contribution < -0.4 is 0 Å². The minimum Gasteiger partial charge on any atom is -0.380 e. The summed E-state index contributed by atoms with van der Waals surface area (Å²) in [5.74, 6) is 6.58. The molecule has 1 fully saturated rings. The maximum atomic E-state index is 9.33. The average Bonchev–Trinajstić information content (AvgIpc) is 2.17. The van der Waals surface area contributed by atoms with Gasteiger partial charge in [0.2, 0.25) is 0 Å².